The average molecular weight is 351 g/mol. The van der Waals surface area contributed by atoms with E-state index in [9.17, 15) is 18.0 Å². The van der Waals surface area contributed by atoms with Gasteiger partial charge in [0.15, 0.2) is 0 Å². The molecule has 0 saturated heterocycles. The number of aliphatic carboxylic acids is 1. The molecule has 25 heavy (non-hydrogen) atoms. The highest BCUT2D eigenvalue weighted by molar-refractivity contribution is 5.70. The van der Waals surface area contributed by atoms with Gasteiger partial charge in [0.05, 0.1) is 24.3 Å². The molecular weight excluding hydrogens is 335 g/mol. The van der Waals surface area contributed by atoms with Crippen LogP contribution in [-0.2, 0) is 28.8 Å². The van der Waals surface area contributed by atoms with Crippen LogP contribution in [0.3, 0.4) is 0 Å². The fraction of sp³-hybridized carbons (Fsp3) is 0.167. The van der Waals surface area contributed by atoms with Gasteiger partial charge in [0.25, 0.3) is 0 Å². The van der Waals surface area contributed by atoms with Gasteiger partial charge < -0.3 is 5.11 Å². The monoisotopic (exact) mass is 351 g/mol. The van der Waals surface area contributed by atoms with Crippen molar-refractivity contribution in [1.29, 1.82) is 0 Å². The molecule has 0 radical (unpaired) electrons. The summed E-state index contributed by atoms with van der Waals surface area (Å²) in [5, 5.41) is 8.88. The predicted molar refractivity (Wildman–Crippen MR) is 86.2 cm³/mol. The summed E-state index contributed by atoms with van der Waals surface area (Å²) in [5.41, 5.74) is 3.39. The smallest absolute Gasteiger partial charge is 0.416 e. The lowest BCUT2D eigenvalue weighted by Gasteiger charge is -2.13. The van der Waals surface area contributed by atoms with Crippen LogP contribution < -0.4 is 5.48 Å². The third-order valence-electron chi connectivity index (χ3n) is 3.42. The first kappa shape index (κ1) is 18.5. The van der Waals surface area contributed by atoms with Crippen molar-refractivity contribution < 1.29 is 27.9 Å². The second-order valence-electron chi connectivity index (χ2n) is 5.29. The molecule has 0 fully saturated rings. The second-order valence-corrected chi connectivity index (χ2v) is 5.29. The number of nitrogens with one attached hydrogen (secondary N) is 1. The highest BCUT2D eigenvalue weighted by atomic mass is 19.4. The second kappa shape index (κ2) is 7.85. The van der Waals surface area contributed by atoms with Gasteiger partial charge in [0, 0.05) is 0 Å². The molecule has 0 heterocycles. The van der Waals surface area contributed by atoms with Crippen molar-refractivity contribution in [2.75, 3.05) is 0 Å². The molecule has 0 atom stereocenters. The lowest BCUT2D eigenvalue weighted by Crippen LogP contribution is -2.14. The molecule has 0 aliphatic rings. The summed E-state index contributed by atoms with van der Waals surface area (Å²) in [4.78, 5) is 16.1. The normalized spacial score (nSPS) is 11.2. The molecule has 0 aliphatic carbocycles. The Balaban J connectivity index is 1.99. The Morgan fingerprint density at radius 2 is 1.80 bits per heavy atom. The summed E-state index contributed by atoms with van der Waals surface area (Å²) in [7, 11) is 0. The minimum Gasteiger partial charge on any atom is -0.481 e. The lowest BCUT2D eigenvalue weighted by atomic mass is 10.1. The van der Waals surface area contributed by atoms with Crippen LogP contribution in [0, 0.1) is 0 Å². The number of carboxylic acids is 1. The summed E-state index contributed by atoms with van der Waals surface area (Å²) in [6.07, 6.45) is -4.58. The number of carbonyl (C=O) groups is 1. The minimum absolute atomic E-state index is 0.0431. The van der Waals surface area contributed by atoms with Gasteiger partial charge in [-0.25, -0.2) is 0 Å². The summed E-state index contributed by atoms with van der Waals surface area (Å²) in [5.74, 6) is -0.964. The van der Waals surface area contributed by atoms with Crippen LogP contribution in [0.15, 0.2) is 55.1 Å². The van der Waals surface area contributed by atoms with E-state index in [2.05, 4.69) is 12.1 Å². The Morgan fingerprint density at radius 1 is 1.12 bits per heavy atom. The molecule has 0 aliphatic heterocycles. The fourth-order valence-electron chi connectivity index (χ4n) is 2.18. The van der Waals surface area contributed by atoms with E-state index in [-0.39, 0.29) is 24.3 Å². The maximum absolute atomic E-state index is 12.7. The summed E-state index contributed by atoms with van der Waals surface area (Å²) < 4.78 is 38.2. The van der Waals surface area contributed by atoms with Gasteiger partial charge in [-0.05, 0) is 28.8 Å². The van der Waals surface area contributed by atoms with Crippen molar-refractivity contribution in [3.8, 4) is 0 Å². The fourth-order valence-corrected chi connectivity index (χ4v) is 2.18. The van der Waals surface area contributed by atoms with Crippen molar-refractivity contribution in [1.82, 2.24) is 5.48 Å². The van der Waals surface area contributed by atoms with E-state index in [1.165, 1.54) is 12.1 Å². The number of halogens is 3. The molecule has 0 saturated carbocycles. The van der Waals surface area contributed by atoms with Crippen molar-refractivity contribution in [3.05, 3.63) is 77.4 Å². The molecule has 4 nitrogen and oxygen atoms in total. The zero-order valence-electron chi connectivity index (χ0n) is 13.1. The van der Waals surface area contributed by atoms with Crippen LogP contribution >= 0.6 is 0 Å². The van der Waals surface area contributed by atoms with Crippen molar-refractivity contribution in [3.63, 3.8) is 0 Å². The summed E-state index contributed by atoms with van der Waals surface area (Å²) in [6.45, 7) is 3.70. The molecule has 2 aromatic carbocycles. The first-order chi connectivity index (χ1) is 11.8. The van der Waals surface area contributed by atoms with Crippen LogP contribution in [0.25, 0.3) is 5.70 Å². The first-order valence-corrected chi connectivity index (χ1v) is 7.30. The molecule has 2 rings (SSSR count). The number of alkyl halides is 3. The Labute approximate surface area is 142 Å². The highest BCUT2D eigenvalue weighted by Gasteiger charge is 2.30. The predicted octanol–water partition coefficient (Wildman–Crippen LogP) is 4.02. The van der Waals surface area contributed by atoms with Gasteiger partial charge in [-0.15, -0.1) is 0 Å². The lowest BCUT2D eigenvalue weighted by molar-refractivity contribution is -0.138. The largest absolute Gasteiger partial charge is 0.481 e. The Morgan fingerprint density at radius 3 is 2.44 bits per heavy atom. The molecule has 2 aromatic rings. The Kier molecular flexibility index (Phi) is 5.82. The minimum atomic E-state index is -4.44. The number of benzene rings is 2. The van der Waals surface area contributed by atoms with E-state index in [4.69, 9.17) is 9.94 Å². The Bertz CT molecular complexity index is 772. The molecular formula is C18H16F3NO3. The third-order valence-corrected chi connectivity index (χ3v) is 3.42. The molecule has 0 spiro atoms. The van der Waals surface area contributed by atoms with E-state index in [1.54, 1.807) is 24.3 Å². The standard InChI is InChI=1S/C18H16F3NO3/c1-12(13-7-4-8-16(9-13)18(19,20)21)22-25-11-15-6-3-2-5-14(15)10-17(23)24/h2-9,22H,1,10-11H2,(H,23,24). The Hall–Kier alpha value is -2.80. The molecule has 0 aromatic heterocycles. The van der Waals surface area contributed by atoms with Crippen LogP contribution in [-0.4, -0.2) is 11.1 Å². The van der Waals surface area contributed by atoms with Crippen LogP contribution in [0.5, 0.6) is 0 Å². The molecule has 0 bridgehead atoms. The van der Waals surface area contributed by atoms with Gasteiger partial charge in [0.2, 0.25) is 0 Å². The zero-order chi connectivity index (χ0) is 18.4. The van der Waals surface area contributed by atoms with E-state index < -0.39 is 17.7 Å². The molecule has 2 N–H and O–H groups in total. The quantitative estimate of drug-likeness (QED) is 0.740. The number of hydrogen-bond acceptors (Lipinski definition) is 3. The van der Waals surface area contributed by atoms with Gasteiger partial charge in [-0.2, -0.15) is 13.2 Å². The highest BCUT2D eigenvalue weighted by Crippen LogP contribution is 2.30. The first-order valence-electron chi connectivity index (χ1n) is 7.30. The molecule has 0 amide bonds. The maximum Gasteiger partial charge on any atom is 0.416 e. The zero-order valence-corrected chi connectivity index (χ0v) is 13.1. The number of hydroxylamine groups is 1. The SMILES string of the molecule is C=C(NOCc1ccccc1CC(=O)O)c1cccc(C(F)(F)F)c1. The van der Waals surface area contributed by atoms with E-state index in [0.29, 0.717) is 11.1 Å². The summed E-state index contributed by atoms with van der Waals surface area (Å²) in [6, 6.07) is 11.6. The van der Waals surface area contributed by atoms with E-state index in [0.717, 1.165) is 12.1 Å². The van der Waals surface area contributed by atoms with E-state index >= 15 is 0 Å². The third kappa shape index (κ3) is 5.36. The van der Waals surface area contributed by atoms with E-state index in [1.807, 2.05) is 0 Å². The average Bonchev–Trinajstić information content (AvgIpc) is 2.55. The van der Waals surface area contributed by atoms with Crippen LogP contribution in [0.1, 0.15) is 22.3 Å². The maximum atomic E-state index is 12.7. The van der Waals surface area contributed by atoms with Crippen LogP contribution in [0.4, 0.5) is 13.2 Å². The molecule has 0 unspecified atom stereocenters. The summed E-state index contributed by atoms with van der Waals surface area (Å²) >= 11 is 0. The van der Waals surface area contributed by atoms with Gasteiger partial charge in [-0.3, -0.25) is 15.1 Å². The van der Waals surface area contributed by atoms with Crippen LogP contribution in [0.2, 0.25) is 0 Å². The molecule has 132 valence electrons. The number of carboxylic acid groups (broad SMARTS) is 1. The van der Waals surface area contributed by atoms with Crippen molar-refractivity contribution in [2.45, 2.75) is 19.2 Å². The molecule has 7 heteroatoms. The van der Waals surface area contributed by atoms with Gasteiger partial charge in [0.1, 0.15) is 0 Å². The van der Waals surface area contributed by atoms with Gasteiger partial charge in [-0.1, -0.05) is 43.0 Å². The topological polar surface area (TPSA) is 58.6 Å². The van der Waals surface area contributed by atoms with Crippen molar-refractivity contribution >= 4 is 11.7 Å². The van der Waals surface area contributed by atoms with Crippen molar-refractivity contribution in [2.24, 2.45) is 0 Å². The van der Waals surface area contributed by atoms with Gasteiger partial charge >= 0.3 is 12.1 Å². The number of hydrogen-bond donors (Lipinski definition) is 2. The number of rotatable bonds is 7.